The molecule has 0 radical (unpaired) electrons. The molecule has 5 nitrogen and oxygen atoms in total. The first-order valence-electron chi connectivity index (χ1n) is 11.9. The minimum Gasteiger partial charge on any atom is -0.365 e. The summed E-state index contributed by atoms with van der Waals surface area (Å²) in [4.78, 5) is 19.0. The van der Waals surface area contributed by atoms with Crippen LogP contribution in [0.2, 0.25) is 0 Å². The number of anilines is 1. The number of nitrogens with one attached hydrogen (secondary N) is 1. The number of nitrogens with zero attached hydrogens (tertiary/aromatic N) is 2. The van der Waals surface area contributed by atoms with E-state index in [9.17, 15) is 18.0 Å². The van der Waals surface area contributed by atoms with E-state index in [1.165, 1.54) is 12.3 Å². The van der Waals surface area contributed by atoms with Gasteiger partial charge in [-0.05, 0) is 69.5 Å². The van der Waals surface area contributed by atoms with Crippen molar-refractivity contribution in [2.45, 2.75) is 64.8 Å². The molecule has 0 spiro atoms. The number of aromatic nitrogens is 1. The molecule has 4 rings (SSSR count). The number of fused-ring (bicyclic) bond motifs is 1. The van der Waals surface area contributed by atoms with Crippen LogP contribution in [-0.4, -0.2) is 49.2 Å². The molecule has 2 aliphatic heterocycles. The molecule has 2 fully saturated rings. The van der Waals surface area contributed by atoms with Crippen LogP contribution in [0.15, 0.2) is 30.5 Å². The number of ketones is 1. The van der Waals surface area contributed by atoms with E-state index in [1.54, 1.807) is 12.1 Å². The number of Topliss-reactive ketones (excluding diaryl/α,β-unsaturated/α-hetero) is 1. The Morgan fingerprint density at radius 2 is 1.97 bits per heavy atom. The average Bonchev–Trinajstić information content (AvgIpc) is 3.07. The van der Waals surface area contributed by atoms with Gasteiger partial charge < -0.3 is 15.0 Å². The molecule has 0 aliphatic carbocycles. The Hall–Kier alpha value is -2.19. The molecule has 0 amide bonds. The monoisotopic (exact) mass is 465 g/mol. The summed E-state index contributed by atoms with van der Waals surface area (Å²) in [6.07, 6.45) is -0.320. The zero-order chi connectivity index (χ0) is 24.0. The number of benzene rings is 1. The fourth-order valence-electron chi connectivity index (χ4n) is 4.70. The van der Waals surface area contributed by atoms with Crippen molar-refractivity contribution in [3.8, 4) is 0 Å². The third-order valence-corrected chi connectivity index (χ3v) is 6.20. The second-order valence-electron chi connectivity index (χ2n) is 8.59. The summed E-state index contributed by atoms with van der Waals surface area (Å²) >= 11 is 0. The van der Waals surface area contributed by atoms with E-state index < -0.39 is 17.8 Å². The molecule has 0 saturated carbocycles. The summed E-state index contributed by atoms with van der Waals surface area (Å²) in [5.41, 5.74) is -0.161. The Morgan fingerprint density at radius 1 is 1.18 bits per heavy atom. The van der Waals surface area contributed by atoms with Crippen LogP contribution in [0.4, 0.5) is 18.9 Å². The highest BCUT2D eigenvalue weighted by molar-refractivity contribution is 5.94. The van der Waals surface area contributed by atoms with E-state index in [0.717, 1.165) is 38.4 Å². The molecule has 2 saturated heterocycles. The van der Waals surface area contributed by atoms with E-state index >= 15 is 0 Å². The quantitative estimate of drug-likeness (QED) is 0.671. The van der Waals surface area contributed by atoms with Gasteiger partial charge in [0.2, 0.25) is 0 Å². The predicted octanol–water partition coefficient (Wildman–Crippen LogP) is 5.22. The Kier molecular flexibility index (Phi) is 8.70. The highest BCUT2D eigenvalue weighted by Crippen LogP contribution is 2.38. The van der Waals surface area contributed by atoms with Gasteiger partial charge in [0, 0.05) is 30.2 Å². The van der Waals surface area contributed by atoms with Gasteiger partial charge >= 0.3 is 6.18 Å². The van der Waals surface area contributed by atoms with Crippen LogP contribution < -0.4 is 10.2 Å². The van der Waals surface area contributed by atoms with Gasteiger partial charge in [-0.1, -0.05) is 13.8 Å². The smallest absolute Gasteiger partial charge is 0.365 e. The van der Waals surface area contributed by atoms with E-state index in [-0.39, 0.29) is 17.4 Å². The zero-order valence-corrected chi connectivity index (χ0v) is 19.6. The number of rotatable bonds is 4. The molecule has 3 atom stereocenters. The summed E-state index contributed by atoms with van der Waals surface area (Å²) in [5, 5.41) is 3.80. The molecular formula is C25H34F3N3O2. The van der Waals surface area contributed by atoms with Crippen molar-refractivity contribution in [1.29, 1.82) is 0 Å². The van der Waals surface area contributed by atoms with Gasteiger partial charge in [-0.25, -0.2) is 0 Å². The number of pyridine rings is 1. The van der Waals surface area contributed by atoms with Gasteiger partial charge in [0.05, 0.1) is 23.7 Å². The number of halogens is 3. The maximum atomic E-state index is 13.5. The summed E-state index contributed by atoms with van der Waals surface area (Å²) < 4.78 is 46.3. The standard InChI is InChI=1S/C23H28F3N3O2.C2H6/c1-15-13-29(14-21(31-15)20(30)12-16-4-2-9-27-11-8-16)19-7-6-18(23(24,25)26)22-17(19)5-3-10-28-22;1-2/h3,5-7,10,15-16,21,27H,2,4,8-9,11-14H2,1H3;1-2H3/t15-,16?,21-;/m1./s1. The van der Waals surface area contributed by atoms with Crippen molar-refractivity contribution in [1.82, 2.24) is 10.3 Å². The minimum absolute atomic E-state index is 0.0690. The molecule has 8 heteroatoms. The van der Waals surface area contributed by atoms with Gasteiger partial charge in [0.25, 0.3) is 0 Å². The SMILES string of the molecule is CC.C[C@@H]1CN(c2ccc(C(F)(F)F)c3ncccc23)C[C@H](C(=O)CC2CCCNCC2)O1. The topological polar surface area (TPSA) is 54.5 Å². The highest BCUT2D eigenvalue weighted by atomic mass is 19.4. The maximum absolute atomic E-state index is 13.5. The third kappa shape index (κ3) is 6.23. The first-order chi connectivity index (χ1) is 15.8. The average molecular weight is 466 g/mol. The van der Waals surface area contributed by atoms with Crippen molar-refractivity contribution in [2.24, 2.45) is 5.92 Å². The van der Waals surface area contributed by atoms with Crippen LogP contribution in [-0.2, 0) is 15.7 Å². The van der Waals surface area contributed by atoms with Crippen molar-refractivity contribution in [3.05, 3.63) is 36.0 Å². The van der Waals surface area contributed by atoms with Gasteiger partial charge in [0.15, 0.2) is 5.78 Å². The lowest BCUT2D eigenvalue weighted by Crippen LogP contribution is -2.50. The molecule has 3 heterocycles. The van der Waals surface area contributed by atoms with Crippen molar-refractivity contribution in [3.63, 3.8) is 0 Å². The summed E-state index contributed by atoms with van der Waals surface area (Å²) in [6.45, 7) is 8.66. The molecule has 33 heavy (non-hydrogen) atoms. The Labute approximate surface area is 193 Å². The third-order valence-electron chi connectivity index (χ3n) is 6.20. The number of morpholine rings is 1. The molecule has 1 unspecified atom stereocenters. The molecule has 0 bridgehead atoms. The lowest BCUT2D eigenvalue weighted by Gasteiger charge is -2.38. The number of carbonyl (C=O) groups is 1. The molecular weight excluding hydrogens is 431 g/mol. The summed E-state index contributed by atoms with van der Waals surface area (Å²) in [5.74, 6) is 0.436. The van der Waals surface area contributed by atoms with Crippen molar-refractivity contribution in [2.75, 3.05) is 31.1 Å². The number of ether oxygens (including phenoxy) is 1. The summed E-state index contributed by atoms with van der Waals surface area (Å²) in [6, 6.07) is 5.87. The van der Waals surface area contributed by atoms with Gasteiger partial charge in [-0.15, -0.1) is 0 Å². The molecule has 182 valence electrons. The Balaban J connectivity index is 0.00000149. The van der Waals surface area contributed by atoms with Gasteiger partial charge in [-0.3, -0.25) is 9.78 Å². The molecule has 2 aromatic rings. The lowest BCUT2D eigenvalue weighted by atomic mass is 9.92. The van der Waals surface area contributed by atoms with Crippen LogP contribution in [0.25, 0.3) is 10.9 Å². The Morgan fingerprint density at radius 3 is 2.73 bits per heavy atom. The number of alkyl halides is 3. The summed E-state index contributed by atoms with van der Waals surface area (Å²) in [7, 11) is 0. The van der Waals surface area contributed by atoms with E-state index in [0.29, 0.717) is 36.5 Å². The van der Waals surface area contributed by atoms with E-state index in [4.69, 9.17) is 4.74 Å². The van der Waals surface area contributed by atoms with Gasteiger partial charge in [-0.2, -0.15) is 13.2 Å². The highest BCUT2D eigenvalue weighted by Gasteiger charge is 2.36. The van der Waals surface area contributed by atoms with E-state index in [2.05, 4.69) is 10.3 Å². The van der Waals surface area contributed by atoms with Crippen LogP contribution in [0.1, 0.15) is 52.0 Å². The number of carbonyl (C=O) groups excluding carboxylic acids is 1. The fraction of sp³-hybridized carbons (Fsp3) is 0.600. The van der Waals surface area contributed by atoms with Gasteiger partial charge in [0.1, 0.15) is 6.10 Å². The lowest BCUT2D eigenvalue weighted by molar-refractivity contribution is -0.136. The second-order valence-corrected chi connectivity index (χ2v) is 8.59. The zero-order valence-electron chi connectivity index (χ0n) is 19.6. The molecule has 1 N–H and O–H groups in total. The molecule has 2 aliphatic rings. The Bertz CT molecular complexity index is 927. The van der Waals surface area contributed by atoms with Crippen LogP contribution >= 0.6 is 0 Å². The largest absolute Gasteiger partial charge is 0.418 e. The fourth-order valence-corrected chi connectivity index (χ4v) is 4.70. The maximum Gasteiger partial charge on any atom is 0.418 e. The molecule has 1 aromatic heterocycles. The van der Waals surface area contributed by atoms with E-state index in [1.807, 2.05) is 25.7 Å². The normalized spacial score (nSPS) is 24.1. The van der Waals surface area contributed by atoms with Crippen LogP contribution in [0.5, 0.6) is 0 Å². The minimum atomic E-state index is -4.48. The number of hydrogen-bond acceptors (Lipinski definition) is 5. The second kappa shape index (κ2) is 11.3. The number of hydrogen-bond donors (Lipinski definition) is 1. The molecule has 1 aromatic carbocycles. The van der Waals surface area contributed by atoms with Crippen molar-refractivity contribution < 1.29 is 22.7 Å². The predicted molar refractivity (Wildman–Crippen MR) is 124 cm³/mol. The van der Waals surface area contributed by atoms with Crippen LogP contribution in [0, 0.1) is 5.92 Å². The first-order valence-corrected chi connectivity index (χ1v) is 11.9. The first kappa shape index (κ1) is 25.4. The van der Waals surface area contributed by atoms with Crippen molar-refractivity contribution >= 4 is 22.4 Å². The van der Waals surface area contributed by atoms with Crippen LogP contribution in [0.3, 0.4) is 0 Å².